The van der Waals surface area contributed by atoms with E-state index in [4.69, 9.17) is 9.26 Å². The fourth-order valence-electron chi connectivity index (χ4n) is 2.58. The van der Waals surface area contributed by atoms with E-state index in [9.17, 15) is 4.79 Å². The molecule has 0 radical (unpaired) electrons. The van der Waals surface area contributed by atoms with E-state index in [1.54, 1.807) is 0 Å². The Labute approximate surface area is 117 Å². The number of benzene rings is 1. The first kappa shape index (κ1) is 12.9. The maximum Gasteiger partial charge on any atom is 0.163 e. The molecule has 0 saturated heterocycles. The molecule has 104 valence electrons. The summed E-state index contributed by atoms with van der Waals surface area (Å²) in [5, 5.41) is 3.91. The van der Waals surface area contributed by atoms with Gasteiger partial charge in [0.2, 0.25) is 0 Å². The smallest absolute Gasteiger partial charge is 0.163 e. The number of aromatic nitrogens is 1. The Morgan fingerprint density at radius 3 is 2.90 bits per heavy atom. The molecule has 0 fully saturated rings. The lowest BCUT2D eigenvalue weighted by atomic mass is 9.90. The number of fused-ring (bicyclic) bond motifs is 1. The fourth-order valence-corrected chi connectivity index (χ4v) is 2.58. The maximum atomic E-state index is 11.8. The van der Waals surface area contributed by atoms with Gasteiger partial charge < -0.3 is 9.26 Å². The van der Waals surface area contributed by atoms with Crippen LogP contribution in [0, 0.1) is 13.8 Å². The molecule has 1 aromatic heterocycles. The average molecular weight is 271 g/mol. The largest absolute Gasteiger partial charge is 0.489 e. The minimum atomic E-state index is 0.239. The van der Waals surface area contributed by atoms with E-state index in [0.717, 1.165) is 46.7 Å². The molecule has 0 unspecified atom stereocenters. The molecule has 0 atom stereocenters. The first-order valence-electron chi connectivity index (χ1n) is 6.86. The van der Waals surface area contributed by atoms with Gasteiger partial charge in [-0.05, 0) is 50.5 Å². The van der Waals surface area contributed by atoms with Crippen molar-refractivity contribution in [1.29, 1.82) is 0 Å². The lowest BCUT2D eigenvalue weighted by Crippen LogP contribution is -2.10. The summed E-state index contributed by atoms with van der Waals surface area (Å²) in [6, 6.07) is 5.71. The summed E-state index contributed by atoms with van der Waals surface area (Å²) in [6.45, 7) is 4.22. The molecule has 0 aliphatic heterocycles. The van der Waals surface area contributed by atoms with Gasteiger partial charge in [-0.3, -0.25) is 4.79 Å². The van der Waals surface area contributed by atoms with Crippen LogP contribution in [0.2, 0.25) is 0 Å². The summed E-state index contributed by atoms with van der Waals surface area (Å²) in [7, 11) is 0. The van der Waals surface area contributed by atoms with Crippen LogP contribution < -0.4 is 4.74 Å². The van der Waals surface area contributed by atoms with Gasteiger partial charge in [-0.2, -0.15) is 0 Å². The molecule has 20 heavy (non-hydrogen) atoms. The molecule has 0 spiro atoms. The maximum absolute atomic E-state index is 11.8. The minimum Gasteiger partial charge on any atom is -0.489 e. The lowest BCUT2D eigenvalue weighted by Gasteiger charge is -2.15. The Balaban J connectivity index is 1.77. The molecule has 0 amide bonds. The number of hydrogen-bond acceptors (Lipinski definition) is 4. The number of ketones is 1. The summed E-state index contributed by atoms with van der Waals surface area (Å²) in [6.07, 6.45) is 2.54. The molecule has 0 N–H and O–H groups in total. The van der Waals surface area contributed by atoms with E-state index in [2.05, 4.69) is 5.16 Å². The van der Waals surface area contributed by atoms with Crippen LogP contribution in [0.4, 0.5) is 0 Å². The van der Waals surface area contributed by atoms with Crippen molar-refractivity contribution in [3.8, 4) is 5.75 Å². The van der Waals surface area contributed by atoms with Crippen molar-refractivity contribution in [3.05, 3.63) is 46.3 Å². The Morgan fingerprint density at radius 2 is 2.15 bits per heavy atom. The molecule has 0 saturated carbocycles. The molecule has 0 bridgehead atoms. The average Bonchev–Trinajstić information content (AvgIpc) is 2.76. The predicted octanol–water partition coefficient (Wildman–Crippen LogP) is 3.39. The van der Waals surface area contributed by atoms with Crippen LogP contribution in [-0.4, -0.2) is 10.9 Å². The SMILES string of the molecule is Cc1noc(C)c1COc1ccc2c(c1)CCCC2=O. The topological polar surface area (TPSA) is 52.3 Å². The third-order valence-electron chi connectivity index (χ3n) is 3.79. The summed E-state index contributed by atoms with van der Waals surface area (Å²) in [5.41, 5.74) is 3.79. The second-order valence-corrected chi connectivity index (χ2v) is 5.19. The number of hydrogen-bond donors (Lipinski definition) is 0. The van der Waals surface area contributed by atoms with Gasteiger partial charge in [0, 0.05) is 12.0 Å². The second kappa shape index (κ2) is 5.12. The van der Waals surface area contributed by atoms with Crippen molar-refractivity contribution in [2.45, 2.75) is 39.7 Å². The summed E-state index contributed by atoms with van der Waals surface area (Å²) in [4.78, 5) is 11.8. The third kappa shape index (κ3) is 2.33. The first-order chi connectivity index (χ1) is 9.65. The highest BCUT2D eigenvalue weighted by Gasteiger charge is 2.17. The van der Waals surface area contributed by atoms with Crippen LogP contribution in [0.3, 0.4) is 0 Å². The molecule has 3 rings (SSSR count). The van der Waals surface area contributed by atoms with Gasteiger partial charge in [0.15, 0.2) is 5.78 Å². The number of ether oxygens (including phenoxy) is 1. The van der Waals surface area contributed by atoms with Crippen LogP contribution in [-0.2, 0) is 13.0 Å². The highest BCUT2D eigenvalue weighted by molar-refractivity contribution is 5.98. The highest BCUT2D eigenvalue weighted by Crippen LogP contribution is 2.26. The van der Waals surface area contributed by atoms with Gasteiger partial charge in [-0.15, -0.1) is 0 Å². The normalized spacial score (nSPS) is 14.2. The molecule has 4 heteroatoms. The zero-order valence-corrected chi connectivity index (χ0v) is 11.7. The van der Waals surface area contributed by atoms with E-state index in [1.165, 1.54) is 0 Å². The molecule has 2 aromatic rings. The molecular weight excluding hydrogens is 254 g/mol. The van der Waals surface area contributed by atoms with Crippen LogP contribution in [0.1, 0.15) is 45.8 Å². The number of nitrogens with zero attached hydrogens (tertiary/aromatic N) is 1. The Bertz CT molecular complexity index is 638. The standard InChI is InChI=1S/C16H17NO3/c1-10-15(11(2)20-17-10)9-19-13-6-7-14-12(8-13)4-3-5-16(14)18/h6-8H,3-5,9H2,1-2H3. The van der Waals surface area contributed by atoms with E-state index >= 15 is 0 Å². The quantitative estimate of drug-likeness (QED) is 0.858. The van der Waals surface area contributed by atoms with E-state index in [-0.39, 0.29) is 5.78 Å². The van der Waals surface area contributed by atoms with Crippen molar-refractivity contribution in [2.24, 2.45) is 0 Å². The first-order valence-corrected chi connectivity index (χ1v) is 6.86. The van der Waals surface area contributed by atoms with Gasteiger partial charge in [-0.1, -0.05) is 5.16 Å². The zero-order chi connectivity index (χ0) is 14.1. The molecular formula is C16H17NO3. The van der Waals surface area contributed by atoms with Crippen molar-refractivity contribution < 1.29 is 14.1 Å². The Kier molecular flexibility index (Phi) is 3.30. The second-order valence-electron chi connectivity index (χ2n) is 5.19. The molecule has 1 aliphatic carbocycles. The number of Topliss-reactive ketones (excluding diaryl/α,β-unsaturated/α-hetero) is 1. The summed E-state index contributed by atoms with van der Waals surface area (Å²) < 4.78 is 10.9. The van der Waals surface area contributed by atoms with E-state index in [0.29, 0.717) is 13.0 Å². The highest BCUT2D eigenvalue weighted by atomic mass is 16.5. The van der Waals surface area contributed by atoms with E-state index < -0.39 is 0 Å². The van der Waals surface area contributed by atoms with Gasteiger partial charge in [0.1, 0.15) is 18.1 Å². The minimum absolute atomic E-state index is 0.239. The third-order valence-corrected chi connectivity index (χ3v) is 3.79. The molecule has 1 heterocycles. The van der Waals surface area contributed by atoms with Crippen molar-refractivity contribution in [3.63, 3.8) is 0 Å². The zero-order valence-electron chi connectivity index (χ0n) is 11.7. The number of aryl methyl sites for hydroxylation is 3. The number of carbonyl (C=O) groups is 1. The van der Waals surface area contributed by atoms with Gasteiger partial charge in [0.05, 0.1) is 11.3 Å². The number of rotatable bonds is 3. The lowest BCUT2D eigenvalue weighted by molar-refractivity contribution is 0.0972. The van der Waals surface area contributed by atoms with Gasteiger partial charge >= 0.3 is 0 Å². The summed E-state index contributed by atoms with van der Waals surface area (Å²) >= 11 is 0. The van der Waals surface area contributed by atoms with Crippen LogP contribution >= 0.6 is 0 Å². The van der Waals surface area contributed by atoms with Crippen molar-refractivity contribution in [2.75, 3.05) is 0 Å². The fraction of sp³-hybridized carbons (Fsp3) is 0.375. The Hall–Kier alpha value is -2.10. The predicted molar refractivity (Wildman–Crippen MR) is 74.0 cm³/mol. The van der Waals surface area contributed by atoms with Gasteiger partial charge in [0.25, 0.3) is 0 Å². The van der Waals surface area contributed by atoms with E-state index in [1.807, 2.05) is 32.0 Å². The van der Waals surface area contributed by atoms with Crippen LogP contribution in [0.15, 0.2) is 22.7 Å². The Morgan fingerprint density at radius 1 is 1.30 bits per heavy atom. The van der Waals surface area contributed by atoms with Crippen LogP contribution in [0.25, 0.3) is 0 Å². The van der Waals surface area contributed by atoms with Gasteiger partial charge in [-0.25, -0.2) is 0 Å². The van der Waals surface area contributed by atoms with Crippen molar-refractivity contribution in [1.82, 2.24) is 5.16 Å². The monoisotopic (exact) mass is 271 g/mol. The molecule has 1 aliphatic rings. The molecule has 4 nitrogen and oxygen atoms in total. The molecule has 1 aromatic carbocycles. The summed E-state index contributed by atoms with van der Waals surface area (Å²) in [5.74, 6) is 1.82. The number of carbonyl (C=O) groups excluding carboxylic acids is 1. The van der Waals surface area contributed by atoms with Crippen LogP contribution in [0.5, 0.6) is 5.75 Å². The van der Waals surface area contributed by atoms with Crippen molar-refractivity contribution >= 4 is 5.78 Å².